The Balaban J connectivity index is 2.12. The lowest BCUT2D eigenvalue weighted by Crippen LogP contribution is -2.44. The van der Waals surface area contributed by atoms with E-state index in [1.54, 1.807) is 0 Å². The third-order valence-electron chi connectivity index (χ3n) is 3.05. The molecule has 3 heteroatoms. The molecule has 0 spiro atoms. The molecule has 1 N–H and O–H groups in total. The molecule has 1 fully saturated rings. The largest absolute Gasteiger partial charge is 0.314 e. The second-order valence-corrected chi connectivity index (χ2v) is 5.15. The fraction of sp³-hybridized carbons (Fsp3) is 0.500. The molecule has 1 aliphatic heterocycles. The first-order valence-corrected chi connectivity index (χ1v) is 6.56. The van der Waals surface area contributed by atoms with Gasteiger partial charge in [0, 0.05) is 35.8 Å². The maximum atomic E-state index is 3.39. The Morgan fingerprint density at radius 3 is 2.60 bits per heavy atom. The van der Waals surface area contributed by atoms with Gasteiger partial charge in [0.1, 0.15) is 0 Å². The zero-order valence-corrected chi connectivity index (χ0v) is 11.2. The van der Waals surface area contributed by atoms with Crippen molar-refractivity contribution in [3.8, 4) is 0 Å². The van der Waals surface area contributed by atoms with Crippen molar-refractivity contribution in [2.24, 2.45) is 0 Å². The Labute approximate surface area is 105 Å². The summed E-state index contributed by atoms with van der Waals surface area (Å²) in [6.45, 7) is 6.86. The van der Waals surface area contributed by atoms with E-state index in [1.807, 2.05) is 0 Å². The lowest BCUT2D eigenvalue weighted by atomic mass is 10.1. The van der Waals surface area contributed by atoms with E-state index in [2.05, 4.69) is 64.0 Å². The highest BCUT2D eigenvalue weighted by Gasteiger charge is 2.18. The van der Waals surface area contributed by atoms with Crippen molar-refractivity contribution in [3.05, 3.63) is 33.4 Å². The fourth-order valence-corrected chi connectivity index (χ4v) is 2.92. The maximum absolute atomic E-state index is 3.39. The number of halogens is 1. The second kappa shape index (κ2) is 5.27. The summed E-state index contributed by atoms with van der Waals surface area (Å²) in [4.78, 5) is 2.55. The number of nitrogens with one attached hydrogen (secondary N) is 1. The molecule has 15 heavy (non-hydrogen) atoms. The number of hydrogen-bond acceptors (Lipinski definition) is 2. The van der Waals surface area contributed by atoms with Gasteiger partial charge in [-0.25, -0.2) is 0 Å². The van der Waals surface area contributed by atoms with Gasteiger partial charge in [0.15, 0.2) is 0 Å². The molecule has 1 heterocycles. The van der Waals surface area contributed by atoms with Crippen LogP contribution in [0.2, 0.25) is 0 Å². The lowest BCUT2D eigenvalue weighted by molar-refractivity contribution is 0.185. The number of benzene rings is 1. The summed E-state index contributed by atoms with van der Waals surface area (Å²) < 4.78 is 1.38. The van der Waals surface area contributed by atoms with Gasteiger partial charge < -0.3 is 5.32 Å². The van der Waals surface area contributed by atoms with Crippen molar-refractivity contribution in [2.45, 2.75) is 13.0 Å². The van der Waals surface area contributed by atoms with Crippen molar-refractivity contribution in [3.63, 3.8) is 0 Å². The first kappa shape index (κ1) is 11.4. The van der Waals surface area contributed by atoms with Crippen molar-refractivity contribution >= 4 is 22.6 Å². The van der Waals surface area contributed by atoms with Crippen molar-refractivity contribution in [2.75, 3.05) is 26.2 Å². The highest BCUT2D eigenvalue weighted by Crippen LogP contribution is 2.24. The highest BCUT2D eigenvalue weighted by molar-refractivity contribution is 14.1. The van der Waals surface area contributed by atoms with Gasteiger partial charge in [-0.2, -0.15) is 0 Å². The zero-order chi connectivity index (χ0) is 10.7. The number of nitrogens with zero attached hydrogens (tertiary/aromatic N) is 1. The normalized spacial score (nSPS) is 20.1. The van der Waals surface area contributed by atoms with E-state index in [0.29, 0.717) is 6.04 Å². The van der Waals surface area contributed by atoms with Crippen LogP contribution in [0.1, 0.15) is 18.5 Å². The fourth-order valence-electron chi connectivity index (χ4n) is 2.08. The van der Waals surface area contributed by atoms with Gasteiger partial charge in [-0.1, -0.05) is 18.2 Å². The molecule has 1 aliphatic rings. The van der Waals surface area contributed by atoms with Crippen molar-refractivity contribution in [1.82, 2.24) is 10.2 Å². The topological polar surface area (TPSA) is 15.3 Å². The molecule has 0 bridgehead atoms. The molecule has 0 aliphatic carbocycles. The van der Waals surface area contributed by atoms with Crippen LogP contribution in [-0.2, 0) is 0 Å². The van der Waals surface area contributed by atoms with E-state index in [0.717, 1.165) is 26.2 Å². The Morgan fingerprint density at radius 2 is 1.93 bits per heavy atom. The Kier molecular flexibility index (Phi) is 3.99. The summed E-state index contributed by atoms with van der Waals surface area (Å²) in [6, 6.07) is 9.22. The van der Waals surface area contributed by atoms with Crippen molar-refractivity contribution in [1.29, 1.82) is 0 Å². The minimum atomic E-state index is 0.542. The molecule has 1 aromatic rings. The minimum absolute atomic E-state index is 0.542. The molecule has 2 nitrogen and oxygen atoms in total. The molecule has 0 amide bonds. The van der Waals surface area contributed by atoms with Crippen LogP contribution >= 0.6 is 22.6 Å². The number of rotatable bonds is 2. The number of piperazine rings is 1. The summed E-state index contributed by atoms with van der Waals surface area (Å²) >= 11 is 2.43. The third-order valence-corrected chi connectivity index (χ3v) is 4.04. The van der Waals surface area contributed by atoms with Gasteiger partial charge in [0.25, 0.3) is 0 Å². The van der Waals surface area contributed by atoms with Crippen LogP contribution in [0.3, 0.4) is 0 Å². The summed E-state index contributed by atoms with van der Waals surface area (Å²) in [6.07, 6.45) is 0. The van der Waals surface area contributed by atoms with Crippen LogP contribution < -0.4 is 5.32 Å². The van der Waals surface area contributed by atoms with E-state index in [4.69, 9.17) is 0 Å². The molecule has 0 saturated carbocycles. The molecule has 0 aromatic heterocycles. The summed E-state index contributed by atoms with van der Waals surface area (Å²) in [5, 5.41) is 3.39. The molecule has 1 aromatic carbocycles. The van der Waals surface area contributed by atoms with Crippen LogP contribution in [0.5, 0.6) is 0 Å². The highest BCUT2D eigenvalue weighted by atomic mass is 127. The standard InChI is InChI=1S/C12H17IN2/c1-10(15-8-6-14-7-9-15)11-4-2-3-5-12(11)13/h2-5,10,14H,6-9H2,1H3/t10-/m0/s1. The minimum Gasteiger partial charge on any atom is -0.314 e. The van der Waals surface area contributed by atoms with Gasteiger partial charge in [0.05, 0.1) is 0 Å². The van der Waals surface area contributed by atoms with Crippen LogP contribution in [0, 0.1) is 3.57 Å². The molecule has 82 valence electrons. The van der Waals surface area contributed by atoms with Gasteiger partial charge >= 0.3 is 0 Å². The van der Waals surface area contributed by atoms with Crippen LogP contribution in [0.15, 0.2) is 24.3 Å². The van der Waals surface area contributed by atoms with Crippen molar-refractivity contribution < 1.29 is 0 Å². The van der Waals surface area contributed by atoms with Gasteiger partial charge in [-0.15, -0.1) is 0 Å². The number of hydrogen-bond donors (Lipinski definition) is 1. The predicted octanol–water partition coefficient (Wildman–Crippen LogP) is 2.26. The monoisotopic (exact) mass is 316 g/mol. The summed E-state index contributed by atoms with van der Waals surface area (Å²) in [5.41, 5.74) is 1.46. The second-order valence-electron chi connectivity index (χ2n) is 3.98. The van der Waals surface area contributed by atoms with Crippen LogP contribution in [0.4, 0.5) is 0 Å². The van der Waals surface area contributed by atoms with Crippen LogP contribution in [0.25, 0.3) is 0 Å². The maximum Gasteiger partial charge on any atom is 0.0331 e. The smallest absolute Gasteiger partial charge is 0.0331 e. The Hall–Kier alpha value is -0.130. The molecular formula is C12H17IN2. The predicted molar refractivity (Wildman–Crippen MR) is 72.0 cm³/mol. The SMILES string of the molecule is C[C@@H](c1ccccc1I)N1CCNCC1. The van der Waals surface area contributed by atoms with Gasteiger partial charge in [-0.05, 0) is 41.1 Å². The average molecular weight is 316 g/mol. The van der Waals surface area contributed by atoms with Crippen LogP contribution in [-0.4, -0.2) is 31.1 Å². The summed E-state index contributed by atoms with van der Waals surface area (Å²) in [7, 11) is 0. The lowest BCUT2D eigenvalue weighted by Gasteiger charge is -2.33. The molecule has 1 atom stereocenters. The first-order chi connectivity index (χ1) is 7.29. The van der Waals surface area contributed by atoms with E-state index < -0.39 is 0 Å². The Bertz CT molecular complexity index is 321. The van der Waals surface area contributed by atoms with E-state index in [9.17, 15) is 0 Å². The molecular weight excluding hydrogens is 299 g/mol. The quantitative estimate of drug-likeness (QED) is 0.842. The molecule has 0 unspecified atom stereocenters. The third kappa shape index (κ3) is 2.71. The average Bonchev–Trinajstić information content (AvgIpc) is 2.30. The van der Waals surface area contributed by atoms with E-state index >= 15 is 0 Å². The zero-order valence-electron chi connectivity index (χ0n) is 9.04. The Morgan fingerprint density at radius 1 is 1.27 bits per heavy atom. The van der Waals surface area contributed by atoms with Gasteiger partial charge in [0.2, 0.25) is 0 Å². The molecule has 0 radical (unpaired) electrons. The first-order valence-electron chi connectivity index (χ1n) is 5.48. The van der Waals surface area contributed by atoms with E-state index in [-0.39, 0.29) is 0 Å². The van der Waals surface area contributed by atoms with E-state index in [1.165, 1.54) is 9.13 Å². The molecule has 1 saturated heterocycles. The van der Waals surface area contributed by atoms with Gasteiger partial charge in [-0.3, -0.25) is 4.90 Å². The summed E-state index contributed by atoms with van der Waals surface area (Å²) in [5.74, 6) is 0. The molecule has 2 rings (SSSR count).